The maximum atomic E-state index is 13.9. The number of benzene rings is 2. The number of anilines is 1. The molecule has 0 spiro atoms. The highest BCUT2D eigenvalue weighted by atomic mass is 32.1. The Bertz CT molecular complexity index is 1070. The fraction of sp³-hybridized carbons (Fsp3) is 0.200. The summed E-state index contributed by atoms with van der Waals surface area (Å²) in [5, 5.41) is 5.72. The molecule has 1 heterocycles. The van der Waals surface area contributed by atoms with E-state index < -0.39 is 11.7 Å². The number of halogens is 1. The molecule has 0 fully saturated rings. The molecule has 2 aromatic carbocycles. The summed E-state index contributed by atoms with van der Waals surface area (Å²) in [5.74, 6) is -1.01. The zero-order chi connectivity index (χ0) is 22.2. The van der Waals surface area contributed by atoms with Crippen LogP contribution in [0.2, 0.25) is 0 Å². The Kier molecular flexibility index (Phi) is 7.73. The first-order chi connectivity index (χ1) is 15.0. The summed E-state index contributed by atoms with van der Waals surface area (Å²) in [6.07, 6.45) is 7.05. The molecule has 160 valence electrons. The molecule has 0 atom stereocenters. The minimum atomic E-state index is -0.538. The van der Waals surface area contributed by atoms with Crippen LogP contribution < -0.4 is 5.32 Å². The van der Waals surface area contributed by atoms with Gasteiger partial charge < -0.3 is 10.2 Å². The van der Waals surface area contributed by atoms with Gasteiger partial charge in [0.05, 0.1) is 5.56 Å². The molecule has 0 bridgehead atoms. The Morgan fingerprint density at radius 2 is 1.90 bits per heavy atom. The molecule has 0 aliphatic heterocycles. The summed E-state index contributed by atoms with van der Waals surface area (Å²) in [5.41, 5.74) is 3.80. The number of rotatable bonds is 8. The number of carbonyl (C=O) groups excluding carboxylic acids is 1. The van der Waals surface area contributed by atoms with Crippen molar-refractivity contribution in [1.82, 2.24) is 9.88 Å². The van der Waals surface area contributed by atoms with Gasteiger partial charge in [0.15, 0.2) is 0 Å². The smallest absolute Gasteiger partial charge is 0.258 e. The first-order valence-corrected chi connectivity index (χ1v) is 11.1. The standard InChI is InChI=1S/C25H26FN3OS/c1-4-8-19(25-27-15-16-31-25)17-23(29(3)5-2)18-11-13-20(14-12-18)28-24(30)21-9-6-7-10-22(21)26/h6-17H,4-5H2,1-3H3,(H,28,30)/b19-8-,23-17-. The summed E-state index contributed by atoms with van der Waals surface area (Å²) >= 11 is 1.62. The van der Waals surface area contributed by atoms with E-state index in [2.05, 4.69) is 41.2 Å². The Morgan fingerprint density at radius 1 is 1.16 bits per heavy atom. The molecule has 1 amide bonds. The predicted octanol–water partition coefficient (Wildman–Crippen LogP) is 6.32. The van der Waals surface area contributed by atoms with Gasteiger partial charge in [-0.3, -0.25) is 4.79 Å². The van der Waals surface area contributed by atoms with Gasteiger partial charge in [-0.15, -0.1) is 11.3 Å². The second-order valence-electron chi connectivity index (χ2n) is 6.96. The lowest BCUT2D eigenvalue weighted by Crippen LogP contribution is -2.16. The summed E-state index contributed by atoms with van der Waals surface area (Å²) in [7, 11) is 2.05. The highest BCUT2D eigenvalue weighted by Crippen LogP contribution is 2.27. The third-order valence-corrected chi connectivity index (χ3v) is 5.66. The monoisotopic (exact) mass is 435 g/mol. The quantitative estimate of drug-likeness (QED) is 0.421. The number of amides is 1. The number of aromatic nitrogens is 1. The molecule has 0 saturated heterocycles. The van der Waals surface area contributed by atoms with Crippen molar-refractivity contribution in [3.63, 3.8) is 0 Å². The van der Waals surface area contributed by atoms with Crippen LogP contribution in [0.1, 0.15) is 41.2 Å². The lowest BCUT2D eigenvalue weighted by Gasteiger charge is -2.22. The fourth-order valence-electron chi connectivity index (χ4n) is 3.09. The Hall–Kier alpha value is -3.25. The van der Waals surface area contributed by atoms with Crippen molar-refractivity contribution >= 4 is 34.2 Å². The van der Waals surface area contributed by atoms with Crippen LogP contribution in [0.3, 0.4) is 0 Å². The molecule has 0 saturated carbocycles. The number of carbonyl (C=O) groups is 1. The molecule has 0 aliphatic carbocycles. The SMILES string of the molecule is CC/C=C(/C=C(/c1ccc(NC(=O)c2ccccc2F)cc1)N(C)CC)c1nccs1. The predicted molar refractivity (Wildman–Crippen MR) is 127 cm³/mol. The first kappa shape index (κ1) is 22.4. The minimum absolute atomic E-state index is 0.0238. The van der Waals surface area contributed by atoms with Crippen molar-refractivity contribution in [2.75, 3.05) is 18.9 Å². The van der Waals surface area contributed by atoms with Gasteiger partial charge in [0.1, 0.15) is 10.8 Å². The van der Waals surface area contributed by atoms with Gasteiger partial charge in [-0.1, -0.05) is 37.3 Å². The van der Waals surface area contributed by atoms with E-state index in [-0.39, 0.29) is 5.56 Å². The van der Waals surface area contributed by atoms with Gasteiger partial charge in [-0.05, 0) is 49.2 Å². The van der Waals surface area contributed by atoms with Gasteiger partial charge in [0, 0.05) is 42.1 Å². The van der Waals surface area contributed by atoms with Crippen LogP contribution in [0.25, 0.3) is 11.3 Å². The second kappa shape index (κ2) is 10.7. The number of nitrogens with zero attached hydrogens (tertiary/aromatic N) is 2. The second-order valence-corrected chi connectivity index (χ2v) is 7.85. The fourth-order valence-corrected chi connectivity index (χ4v) is 3.74. The van der Waals surface area contributed by atoms with E-state index in [9.17, 15) is 9.18 Å². The number of allylic oxidation sites excluding steroid dienone is 3. The summed E-state index contributed by atoms with van der Waals surface area (Å²) in [6.45, 7) is 5.05. The van der Waals surface area contributed by atoms with E-state index in [1.807, 2.05) is 42.9 Å². The number of hydrogen-bond acceptors (Lipinski definition) is 4. The molecule has 3 aromatic rings. The zero-order valence-corrected chi connectivity index (χ0v) is 18.7. The highest BCUT2D eigenvalue weighted by Gasteiger charge is 2.13. The van der Waals surface area contributed by atoms with Crippen LogP contribution in [0.5, 0.6) is 0 Å². The third-order valence-electron chi connectivity index (χ3n) is 4.84. The summed E-state index contributed by atoms with van der Waals surface area (Å²) in [4.78, 5) is 19.0. The van der Waals surface area contributed by atoms with Crippen LogP contribution in [-0.4, -0.2) is 29.4 Å². The summed E-state index contributed by atoms with van der Waals surface area (Å²) < 4.78 is 13.9. The van der Waals surface area contributed by atoms with Gasteiger partial charge >= 0.3 is 0 Å². The van der Waals surface area contributed by atoms with E-state index in [4.69, 9.17) is 0 Å². The van der Waals surface area contributed by atoms with Gasteiger partial charge in [-0.2, -0.15) is 0 Å². The largest absolute Gasteiger partial charge is 0.374 e. The lowest BCUT2D eigenvalue weighted by molar-refractivity contribution is 0.102. The lowest BCUT2D eigenvalue weighted by atomic mass is 10.1. The zero-order valence-electron chi connectivity index (χ0n) is 17.9. The molecule has 0 aliphatic rings. The molecule has 0 radical (unpaired) electrons. The highest BCUT2D eigenvalue weighted by molar-refractivity contribution is 7.10. The van der Waals surface area contributed by atoms with Crippen LogP contribution in [0, 0.1) is 5.82 Å². The van der Waals surface area contributed by atoms with Crippen LogP contribution in [0.15, 0.2) is 72.3 Å². The number of nitrogens with one attached hydrogen (secondary N) is 1. The molecule has 1 N–H and O–H groups in total. The van der Waals surface area contributed by atoms with E-state index >= 15 is 0 Å². The number of thiazole rings is 1. The van der Waals surface area contributed by atoms with E-state index in [1.165, 1.54) is 12.1 Å². The maximum Gasteiger partial charge on any atom is 0.258 e. The van der Waals surface area contributed by atoms with Crippen molar-refractivity contribution < 1.29 is 9.18 Å². The average Bonchev–Trinajstić information content (AvgIpc) is 3.32. The van der Waals surface area contributed by atoms with E-state index in [0.29, 0.717) is 5.69 Å². The average molecular weight is 436 g/mol. The van der Waals surface area contributed by atoms with Crippen molar-refractivity contribution in [2.24, 2.45) is 0 Å². The molecule has 1 aromatic heterocycles. The third kappa shape index (κ3) is 5.67. The maximum absolute atomic E-state index is 13.9. The molecule has 4 nitrogen and oxygen atoms in total. The van der Waals surface area contributed by atoms with Gasteiger partial charge in [0.2, 0.25) is 0 Å². The molecule has 0 unspecified atom stereocenters. The van der Waals surface area contributed by atoms with Gasteiger partial charge in [-0.25, -0.2) is 9.37 Å². The van der Waals surface area contributed by atoms with Crippen LogP contribution in [-0.2, 0) is 0 Å². The topological polar surface area (TPSA) is 45.2 Å². The molecular formula is C25H26FN3OS. The van der Waals surface area contributed by atoms with Crippen molar-refractivity contribution in [3.8, 4) is 0 Å². The van der Waals surface area contributed by atoms with Crippen molar-refractivity contribution in [3.05, 3.63) is 94.2 Å². The Morgan fingerprint density at radius 3 is 2.52 bits per heavy atom. The van der Waals surface area contributed by atoms with E-state index in [1.54, 1.807) is 23.5 Å². The van der Waals surface area contributed by atoms with Crippen LogP contribution in [0.4, 0.5) is 10.1 Å². The van der Waals surface area contributed by atoms with Crippen LogP contribution >= 0.6 is 11.3 Å². The first-order valence-electron chi connectivity index (χ1n) is 10.2. The van der Waals surface area contributed by atoms with E-state index in [0.717, 1.165) is 34.8 Å². The van der Waals surface area contributed by atoms with Gasteiger partial charge in [0.25, 0.3) is 5.91 Å². The normalized spacial score (nSPS) is 12.0. The Balaban J connectivity index is 1.87. The van der Waals surface area contributed by atoms with Crippen molar-refractivity contribution in [2.45, 2.75) is 20.3 Å². The molecular weight excluding hydrogens is 409 g/mol. The Labute approximate surface area is 186 Å². The van der Waals surface area contributed by atoms with Crippen molar-refractivity contribution in [1.29, 1.82) is 0 Å². The minimum Gasteiger partial charge on any atom is -0.374 e. The molecule has 31 heavy (non-hydrogen) atoms. The summed E-state index contributed by atoms with van der Waals surface area (Å²) in [6, 6.07) is 13.5. The number of hydrogen-bond donors (Lipinski definition) is 1. The molecule has 6 heteroatoms. The molecule has 3 rings (SSSR count).